The van der Waals surface area contributed by atoms with Crippen molar-refractivity contribution in [1.82, 2.24) is 4.98 Å². The molecule has 0 N–H and O–H groups in total. The molecule has 1 aliphatic heterocycles. The molecule has 0 saturated carbocycles. The van der Waals surface area contributed by atoms with Crippen LogP contribution in [0.4, 0.5) is 0 Å². The molecule has 0 unspecified atom stereocenters. The van der Waals surface area contributed by atoms with Crippen molar-refractivity contribution >= 4 is 17.7 Å². The SMILES string of the molecule is O=C1C=C(c2ccccn2)N=CC1. The molecular weight excluding hydrogens is 164 g/mol. The number of aliphatic imine (C=N–C) groups is 1. The van der Waals surface area contributed by atoms with E-state index in [4.69, 9.17) is 0 Å². The maximum absolute atomic E-state index is 11.1. The van der Waals surface area contributed by atoms with E-state index in [0.29, 0.717) is 12.1 Å². The zero-order valence-electron chi connectivity index (χ0n) is 6.97. The van der Waals surface area contributed by atoms with Crippen molar-refractivity contribution in [2.24, 2.45) is 4.99 Å². The number of nitrogens with zero attached hydrogens (tertiary/aromatic N) is 2. The van der Waals surface area contributed by atoms with Gasteiger partial charge >= 0.3 is 0 Å². The first-order valence-electron chi connectivity index (χ1n) is 4.05. The van der Waals surface area contributed by atoms with E-state index < -0.39 is 0 Å². The summed E-state index contributed by atoms with van der Waals surface area (Å²) < 4.78 is 0. The summed E-state index contributed by atoms with van der Waals surface area (Å²) in [7, 11) is 0. The van der Waals surface area contributed by atoms with Gasteiger partial charge in [-0.1, -0.05) is 6.07 Å². The topological polar surface area (TPSA) is 42.3 Å². The van der Waals surface area contributed by atoms with Crippen LogP contribution in [0.25, 0.3) is 5.70 Å². The second-order valence-corrected chi connectivity index (χ2v) is 2.73. The Kier molecular flexibility index (Phi) is 2.00. The lowest BCUT2D eigenvalue weighted by molar-refractivity contribution is -0.113. The highest BCUT2D eigenvalue weighted by molar-refractivity contribution is 6.07. The van der Waals surface area contributed by atoms with E-state index in [9.17, 15) is 4.79 Å². The van der Waals surface area contributed by atoms with Gasteiger partial charge in [-0.15, -0.1) is 0 Å². The molecule has 1 aromatic heterocycles. The van der Waals surface area contributed by atoms with Gasteiger partial charge in [0.15, 0.2) is 5.78 Å². The minimum atomic E-state index is 0.0793. The van der Waals surface area contributed by atoms with Crippen LogP contribution in [0.2, 0.25) is 0 Å². The molecule has 0 aliphatic carbocycles. The number of pyridine rings is 1. The molecule has 2 heterocycles. The number of hydrogen-bond acceptors (Lipinski definition) is 3. The summed E-state index contributed by atoms with van der Waals surface area (Å²) in [6.45, 7) is 0. The summed E-state index contributed by atoms with van der Waals surface area (Å²) in [5, 5.41) is 0. The van der Waals surface area contributed by atoms with Crippen LogP contribution >= 0.6 is 0 Å². The minimum absolute atomic E-state index is 0.0793. The van der Waals surface area contributed by atoms with Crippen molar-refractivity contribution in [3.8, 4) is 0 Å². The Labute approximate surface area is 75.8 Å². The predicted octanol–water partition coefficient (Wildman–Crippen LogP) is 1.47. The Morgan fingerprint density at radius 3 is 2.92 bits per heavy atom. The fourth-order valence-corrected chi connectivity index (χ4v) is 1.14. The maximum atomic E-state index is 11.1. The summed E-state index contributed by atoms with van der Waals surface area (Å²) in [5.74, 6) is 0.0793. The fourth-order valence-electron chi connectivity index (χ4n) is 1.14. The van der Waals surface area contributed by atoms with Gasteiger partial charge in [-0.3, -0.25) is 14.8 Å². The van der Waals surface area contributed by atoms with Crippen LogP contribution in [0.5, 0.6) is 0 Å². The van der Waals surface area contributed by atoms with Crippen molar-refractivity contribution in [2.45, 2.75) is 6.42 Å². The maximum Gasteiger partial charge on any atom is 0.163 e. The average molecular weight is 172 g/mol. The highest BCUT2D eigenvalue weighted by Gasteiger charge is 2.07. The lowest BCUT2D eigenvalue weighted by Gasteiger charge is -2.03. The van der Waals surface area contributed by atoms with Gasteiger partial charge in [-0.05, 0) is 12.1 Å². The number of ketones is 1. The second kappa shape index (κ2) is 3.31. The Morgan fingerprint density at radius 1 is 1.31 bits per heavy atom. The molecule has 0 spiro atoms. The van der Waals surface area contributed by atoms with Crippen molar-refractivity contribution in [3.05, 3.63) is 36.2 Å². The number of rotatable bonds is 1. The number of carbonyl (C=O) groups is 1. The van der Waals surface area contributed by atoms with E-state index in [0.717, 1.165) is 5.69 Å². The average Bonchev–Trinajstić information content (AvgIpc) is 2.19. The van der Waals surface area contributed by atoms with Crippen LogP contribution in [0, 0.1) is 0 Å². The lowest BCUT2D eigenvalue weighted by Crippen LogP contribution is -2.01. The Morgan fingerprint density at radius 2 is 2.23 bits per heavy atom. The fraction of sp³-hybridized carbons (Fsp3) is 0.100. The summed E-state index contributed by atoms with van der Waals surface area (Å²) >= 11 is 0. The normalized spacial score (nSPS) is 15.7. The van der Waals surface area contributed by atoms with Crippen molar-refractivity contribution in [2.75, 3.05) is 0 Å². The molecule has 0 saturated heterocycles. The van der Waals surface area contributed by atoms with Gasteiger partial charge in [0.1, 0.15) is 0 Å². The summed E-state index contributed by atoms with van der Waals surface area (Å²) in [5.41, 5.74) is 1.39. The molecule has 3 nitrogen and oxygen atoms in total. The Balaban J connectivity index is 2.37. The summed E-state index contributed by atoms with van der Waals surface area (Å²) in [6, 6.07) is 5.54. The van der Waals surface area contributed by atoms with Crippen LogP contribution in [0.15, 0.2) is 35.5 Å². The van der Waals surface area contributed by atoms with Gasteiger partial charge in [-0.25, -0.2) is 0 Å². The quantitative estimate of drug-likeness (QED) is 0.643. The van der Waals surface area contributed by atoms with Crippen LogP contribution in [0.3, 0.4) is 0 Å². The van der Waals surface area contributed by atoms with E-state index >= 15 is 0 Å². The van der Waals surface area contributed by atoms with Gasteiger partial charge < -0.3 is 0 Å². The van der Waals surface area contributed by atoms with Crippen LogP contribution < -0.4 is 0 Å². The zero-order valence-corrected chi connectivity index (χ0v) is 6.97. The zero-order chi connectivity index (χ0) is 9.10. The molecule has 1 aliphatic rings. The molecule has 2 rings (SSSR count). The van der Waals surface area contributed by atoms with Crippen molar-refractivity contribution in [1.29, 1.82) is 0 Å². The molecule has 13 heavy (non-hydrogen) atoms. The van der Waals surface area contributed by atoms with Crippen LogP contribution in [-0.2, 0) is 4.79 Å². The first kappa shape index (κ1) is 7.86. The largest absolute Gasteiger partial charge is 0.294 e. The molecular formula is C10H8N2O. The number of aromatic nitrogens is 1. The monoisotopic (exact) mass is 172 g/mol. The van der Waals surface area contributed by atoms with Gasteiger partial charge in [0, 0.05) is 24.9 Å². The third-order valence-electron chi connectivity index (χ3n) is 1.75. The highest BCUT2D eigenvalue weighted by atomic mass is 16.1. The van der Waals surface area contributed by atoms with Crippen LogP contribution in [0.1, 0.15) is 12.1 Å². The first-order chi connectivity index (χ1) is 6.36. The van der Waals surface area contributed by atoms with Gasteiger partial charge in [0.05, 0.1) is 11.4 Å². The molecule has 0 fully saturated rings. The predicted molar refractivity (Wildman–Crippen MR) is 50.3 cm³/mol. The molecule has 64 valence electrons. The molecule has 1 aromatic rings. The van der Waals surface area contributed by atoms with Crippen molar-refractivity contribution in [3.63, 3.8) is 0 Å². The standard InChI is InChI=1S/C10H8N2O/c13-8-4-6-12-10(7-8)9-3-1-2-5-11-9/h1-3,5-7H,4H2. The number of carbonyl (C=O) groups excluding carboxylic acids is 1. The molecule has 0 bridgehead atoms. The van der Waals surface area contributed by atoms with Crippen LogP contribution in [-0.4, -0.2) is 17.0 Å². The highest BCUT2D eigenvalue weighted by Crippen LogP contribution is 2.15. The lowest BCUT2D eigenvalue weighted by atomic mass is 10.1. The molecule has 0 radical (unpaired) electrons. The second-order valence-electron chi connectivity index (χ2n) is 2.73. The van der Waals surface area contributed by atoms with E-state index in [2.05, 4.69) is 9.98 Å². The number of hydrogen-bond donors (Lipinski definition) is 0. The molecule has 3 heteroatoms. The third-order valence-corrected chi connectivity index (χ3v) is 1.75. The molecule has 0 atom stereocenters. The van der Waals surface area contributed by atoms with Crippen molar-refractivity contribution < 1.29 is 4.79 Å². The Hall–Kier alpha value is -1.77. The van der Waals surface area contributed by atoms with E-state index in [1.54, 1.807) is 12.4 Å². The summed E-state index contributed by atoms with van der Waals surface area (Å²) in [4.78, 5) is 19.3. The summed E-state index contributed by atoms with van der Waals surface area (Å²) in [6.07, 6.45) is 5.23. The van der Waals surface area contributed by atoms with E-state index in [1.807, 2.05) is 18.2 Å². The van der Waals surface area contributed by atoms with Gasteiger partial charge in [0.25, 0.3) is 0 Å². The molecule has 0 amide bonds. The minimum Gasteiger partial charge on any atom is -0.294 e. The third kappa shape index (κ3) is 1.69. The smallest absolute Gasteiger partial charge is 0.163 e. The van der Waals surface area contributed by atoms with E-state index in [-0.39, 0.29) is 5.78 Å². The molecule has 0 aromatic carbocycles. The Bertz CT molecular complexity index is 379. The first-order valence-corrected chi connectivity index (χ1v) is 4.05. The van der Waals surface area contributed by atoms with Gasteiger partial charge in [0.2, 0.25) is 0 Å². The number of allylic oxidation sites excluding steroid dienone is 1. The van der Waals surface area contributed by atoms with Gasteiger partial charge in [-0.2, -0.15) is 0 Å². The van der Waals surface area contributed by atoms with E-state index in [1.165, 1.54) is 6.08 Å².